The van der Waals surface area contributed by atoms with Crippen LogP contribution in [0, 0.1) is 16.0 Å². The van der Waals surface area contributed by atoms with E-state index in [4.69, 9.17) is 0 Å². The van der Waals surface area contributed by atoms with E-state index in [0.29, 0.717) is 0 Å². The van der Waals surface area contributed by atoms with Gasteiger partial charge in [-0.3, -0.25) is 10.1 Å². The first kappa shape index (κ1) is 8.64. The van der Waals surface area contributed by atoms with Crippen molar-refractivity contribution in [3.63, 3.8) is 0 Å². The molecule has 0 saturated heterocycles. The molecule has 0 aliphatic heterocycles. The summed E-state index contributed by atoms with van der Waals surface area (Å²) in [5.74, 6) is -0.865. The van der Waals surface area contributed by atoms with Crippen LogP contribution in [0.25, 0.3) is 0 Å². The van der Waals surface area contributed by atoms with Gasteiger partial charge in [-0.25, -0.2) is 0 Å². The van der Waals surface area contributed by atoms with Crippen LogP contribution in [0.1, 0.15) is 6.92 Å². The van der Waals surface area contributed by atoms with Gasteiger partial charge in [0.15, 0.2) is 5.83 Å². The van der Waals surface area contributed by atoms with Crippen LogP contribution >= 0.6 is 0 Å². The highest BCUT2D eigenvalue weighted by Crippen LogP contribution is 2.18. The van der Waals surface area contributed by atoms with Crippen molar-refractivity contribution in [2.75, 3.05) is 0 Å². The van der Waals surface area contributed by atoms with Crippen LogP contribution in [-0.2, 0) is 0 Å². The van der Waals surface area contributed by atoms with Crippen LogP contribution in [0.2, 0.25) is 0 Å². The second kappa shape index (κ2) is 3.30. The minimum Gasteiger partial charge on any atom is -0.258 e. The summed E-state index contributed by atoms with van der Waals surface area (Å²) in [6, 6.07) is 0. The predicted molar refractivity (Wildman–Crippen MR) is 42.6 cm³/mol. The summed E-state index contributed by atoms with van der Waals surface area (Å²) in [6.45, 7) is 1.76. The fraction of sp³-hybridized carbons (Fsp3) is 0.250. The van der Waals surface area contributed by atoms with Gasteiger partial charge in [0, 0.05) is 6.08 Å². The van der Waals surface area contributed by atoms with Gasteiger partial charge in [0.2, 0.25) is 0 Å². The van der Waals surface area contributed by atoms with E-state index < -0.39 is 16.4 Å². The van der Waals surface area contributed by atoms with Crippen LogP contribution in [0.4, 0.5) is 4.39 Å². The highest BCUT2D eigenvalue weighted by Gasteiger charge is 2.18. The van der Waals surface area contributed by atoms with Crippen molar-refractivity contribution >= 4 is 0 Å². The molecule has 1 atom stereocenters. The summed E-state index contributed by atoms with van der Waals surface area (Å²) in [5, 5.41) is 10.2. The number of nitrogens with zero attached hydrogens (tertiary/aromatic N) is 1. The van der Waals surface area contributed by atoms with Gasteiger partial charge < -0.3 is 0 Å². The number of nitro groups is 1. The molecule has 64 valence electrons. The van der Waals surface area contributed by atoms with Crippen molar-refractivity contribution in [2.45, 2.75) is 6.92 Å². The second-order valence-corrected chi connectivity index (χ2v) is 2.57. The van der Waals surface area contributed by atoms with Crippen LogP contribution < -0.4 is 0 Å². The van der Waals surface area contributed by atoms with Crippen molar-refractivity contribution < 1.29 is 9.31 Å². The minimum absolute atomic E-state index is 0.0984. The molecule has 4 heteroatoms. The van der Waals surface area contributed by atoms with Gasteiger partial charge in [0.25, 0.3) is 0 Å². The summed E-state index contributed by atoms with van der Waals surface area (Å²) >= 11 is 0. The lowest BCUT2D eigenvalue weighted by atomic mass is 10.1. The van der Waals surface area contributed by atoms with Gasteiger partial charge in [0.05, 0.1) is 4.92 Å². The molecule has 0 bridgehead atoms. The predicted octanol–water partition coefficient (Wildman–Crippen LogP) is 2.21. The summed E-state index contributed by atoms with van der Waals surface area (Å²) in [4.78, 5) is 9.52. The molecule has 0 aromatic rings. The third-order valence-electron chi connectivity index (χ3n) is 1.52. The first-order chi connectivity index (χ1) is 5.61. The molecule has 0 saturated carbocycles. The SMILES string of the molecule is CC1C=CC=C([N+](=O)[O-])C(F)=C1. The van der Waals surface area contributed by atoms with Gasteiger partial charge in [0.1, 0.15) is 0 Å². The number of allylic oxidation sites excluding steroid dienone is 5. The zero-order chi connectivity index (χ0) is 9.14. The largest absolute Gasteiger partial charge is 0.304 e. The van der Waals surface area contributed by atoms with Crippen molar-refractivity contribution in [1.29, 1.82) is 0 Å². The molecule has 0 aromatic carbocycles. The maximum Gasteiger partial charge on any atom is 0.304 e. The number of halogens is 1. The third kappa shape index (κ3) is 1.78. The van der Waals surface area contributed by atoms with Crippen molar-refractivity contribution in [1.82, 2.24) is 0 Å². The lowest BCUT2D eigenvalue weighted by Crippen LogP contribution is -1.98. The smallest absolute Gasteiger partial charge is 0.258 e. The fourth-order valence-corrected chi connectivity index (χ4v) is 0.921. The molecule has 0 heterocycles. The molecule has 0 N–H and O–H groups in total. The van der Waals surface area contributed by atoms with E-state index in [1.54, 1.807) is 13.0 Å². The third-order valence-corrected chi connectivity index (χ3v) is 1.52. The number of rotatable bonds is 1. The Kier molecular flexibility index (Phi) is 2.38. The van der Waals surface area contributed by atoms with Crippen LogP contribution in [-0.4, -0.2) is 4.92 Å². The highest BCUT2D eigenvalue weighted by molar-refractivity contribution is 5.28. The molecule has 0 aromatic heterocycles. The Hall–Kier alpha value is -1.45. The normalized spacial score (nSPS) is 22.7. The molecule has 0 amide bonds. The maximum atomic E-state index is 12.9. The highest BCUT2D eigenvalue weighted by atomic mass is 19.1. The zero-order valence-corrected chi connectivity index (χ0v) is 6.53. The van der Waals surface area contributed by atoms with E-state index >= 15 is 0 Å². The van der Waals surface area contributed by atoms with E-state index in [1.807, 2.05) is 0 Å². The zero-order valence-electron chi connectivity index (χ0n) is 6.53. The van der Waals surface area contributed by atoms with Crippen LogP contribution in [0.5, 0.6) is 0 Å². The lowest BCUT2D eigenvalue weighted by molar-refractivity contribution is -0.422. The summed E-state index contributed by atoms with van der Waals surface area (Å²) in [7, 11) is 0. The van der Waals surface area contributed by atoms with Crippen molar-refractivity contribution in [3.8, 4) is 0 Å². The molecular formula is C8H8FNO2. The van der Waals surface area contributed by atoms with E-state index in [2.05, 4.69) is 0 Å². The van der Waals surface area contributed by atoms with Gasteiger partial charge >= 0.3 is 5.70 Å². The molecule has 1 aliphatic carbocycles. The fourth-order valence-electron chi connectivity index (χ4n) is 0.921. The topological polar surface area (TPSA) is 43.1 Å². The van der Waals surface area contributed by atoms with E-state index in [1.165, 1.54) is 12.2 Å². The molecule has 1 unspecified atom stereocenters. The Morgan fingerprint density at radius 2 is 2.33 bits per heavy atom. The van der Waals surface area contributed by atoms with Gasteiger partial charge in [-0.2, -0.15) is 4.39 Å². The molecule has 0 fully saturated rings. The molecule has 0 radical (unpaired) electrons. The Balaban J connectivity index is 3.02. The minimum atomic E-state index is -0.766. The van der Waals surface area contributed by atoms with E-state index in [0.717, 1.165) is 6.08 Å². The lowest BCUT2D eigenvalue weighted by Gasteiger charge is -1.94. The van der Waals surface area contributed by atoms with Gasteiger partial charge in [-0.1, -0.05) is 19.1 Å². The first-order valence-electron chi connectivity index (χ1n) is 3.52. The maximum absolute atomic E-state index is 12.9. The quantitative estimate of drug-likeness (QED) is 0.446. The van der Waals surface area contributed by atoms with Crippen molar-refractivity contribution in [2.24, 2.45) is 5.92 Å². The Labute approximate surface area is 69.0 Å². The second-order valence-electron chi connectivity index (χ2n) is 2.57. The average molecular weight is 169 g/mol. The Morgan fingerprint density at radius 1 is 1.67 bits per heavy atom. The summed E-state index contributed by atoms with van der Waals surface area (Å²) in [6.07, 6.45) is 5.56. The standard InChI is InChI=1S/C8H8FNO2/c1-6-3-2-4-8(10(11)12)7(9)5-6/h2-6H,1H3. The number of hydrogen-bond acceptors (Lipinski definition) is 2. The van der Waals surface area contributed by atoms with E-state index in [-0.39, 0.29) is 5.92 Å². The Bertz CT molecular complexity index is 291. The molecule has 1 rings (SSSR count). The van der Waals surface area contributed by atoms with Crippen LogP contribution in [0.15, 0.2) is 35.8 Å². The molecule has 1 aliphatic rings. The van der Waals surface area contributed by atoms with Crippen molar-refractivity contribution in [3.05, 3.63) is 45.9 Å². The summed E-state index contributed by atoms with van der Waals surface area (Å²) < 4.78 is 12.9. The van der Waals surface area contributed by atoms with E-state index in [9.17, 15) is 14.5 Å². The van der Waals surface area contributed by atoms with Gasteiger partial charge in [-0.05, 0) is 12.0 Å². The first-order valence-corrected chi connectivity index (χ1v) is 3.52. The van der Waals surface area contributed by atoms with Crippen LogP contribution in [0.3, 0.4) is 0 Å². The monoisotopic (exact) mass is 169 g/mol. The Morgan fingerprint density at radius 3 is 2.92 bits per heavy atom. The molecular weight excluding hydrogens is 161 g/mol. The molecule has 0 spiro atoms. The summed E-state index contributed by atoms with van der Waals surface area (Å²) in [5.41, 5.74) is -0.476. The van der Waals surface area contributed by atoms with Gasteiger partial charge in [-0.15, -0.1) is 0 Å². The average Bonchev–Trinajstić information content (AvgIpc) is 2.10. The molecule has 3 nitrogen and oxygen atoms in total. The number of hydrogen-bond donors (Lipinski definition) is 0. The molecule has 12 heavy (non-hydrogen) atoms.